The fourth-order valence-electron chi connectivity index (χ4n) is 1.91. The maximum Gasteiger partial charge on any atom is 0.255 e. The standard InChI is InChI=1S/C17H18BrNO3/c1-21-9-10-22-16-8-7-14(18)11-15(16)17(20)19-12-13-5-3-2-4-6-13/h2-8,11H,9-10,12H2,1H3,(H,19,20). The Balaban J connectivity index is 2.05. The first-order chi connectivity index (χ1) is 10.7. The number of rotatable bonds is 7. The first kappa shape index (κ1) is 16.5. The average Bonchev–Trinajstić information content (AvgIpc) is 2.55. The minimum atomic E-state index is -0.169. The Bertz CT molecular complexity index is 617. The Morgan fingerprint density at radius 1 is 1.14 bits per heavy atom. The number of benzene rings is 2. The minimum absolute atomic E-state index is 0.169. The molecule has 0 heterocycles. The normalized spacial score (nSPS) is 10.3. The maximum absolute atomic E-state index is 12.4. The van der Waals surface area contributed by atoms with Crippen LogP contribution in [0.15, 0.2) is 53.0 Å². The molecule has 0 atom stereocenters. The fraction of sp³-hybridized carbons (Fsp3) is 0.235. The lowest BCUT2D eigenvalue weighted by atomic mass is 10.1. The number of carbonyl (C=O) groups is 1. The van der Waals surface area contributed by atoms with Crippen molar-refractivity contribution in [3.05, 3.63) is 64.1 Å². The third-order valence-corrected chi connectivity index (χ3v) is 3.52. The van der Waals surface area contributed by atoms with Gasteiger partial charge >= 0.3 is 0 Å². The van der Waals surface area contributed by atoms with Gasteiger partial charge in [0, 0.05) is 18.1 Å². The molecular formula is C17H18BrNO3. The Labute approximate surface area is 138 Å². The molecule has 1 amide bonds. The minimum Gasteiger partial charge on any atom is -0.490 e. The molecule has 0 unspecified atom stereocenters. The smallest absolute Gasteiger partial charge is 0.255 e. The van der Waals surface area contributed by atoms with Gasteiger partial charge < -0.3 is 14.8 Å². The summed E-state index contributed by atoms with van der Waals surface area (Å²) in [5, 5.41) is 2.90. The average molecular weight is 364 g/mol. The molecule has 0 aliphatic carbocycles. The summed E-state index contributed by atoms with van der Waals surface area (Å²) in [6.07, 6.45) is 0. The van der Waals surface area contributed by atoms with Gasteiger partial charge in [-0.15, -0.1) is 0 Å². The van der Waals surface area contributed by atoms with E-state index in [2.05, 4.69) is 21.2 Å². The second-order valence-electron chi connectivity index (χ2n) is 4.65. The van der Waals surface area contributed by atoms with Crippen molar-refractivity contribution >= 4 is 21.8 Å². The summed E-state index contributed by atoms with van der Waals surface area (Å²) in [5.74, 6) is 0.378. The highest BCUT2D eigenvalue weighted by atomic mass is 79.9. The van der Waals surface area contributed by atoms with E-state index in [0.717, 1.165) is 10.0 Å². The number of methoxy groups -OCH3 is 1. The summed E-state index contributed by atoms with van der Waals surface area (Å²) < 4.78 is 11.4. The molecule has 0 spiro atoms. The SMILES string of the molecule is COCCOc1ccc(Br)cc1C(=O)NCc1ccccc1. The van der Waals surface area contributed by atoms with Gasteiger partial charge in [-0.1, -0.05) is 46.3 Å². The first-order valence-corrected chi connectivity index (χ1v) is 7.73. The van der Waals surface area contributed by atoms with E-state index in [0.29, 0.717) is 31.1 Å². The van der Waals surface area contributed by atoms with Crippen molar-refractivity contribution < 1.29 is 14.3 Å². The Morgan fingerprint density at radius 2 is 1.91 bits per heavy atom. The predicted molar refractivity (Wildman–Crippen MR) is 89.1 cm³/mol. The zero-order valence-electron chi connectivity index (χ0n) is 12.3. The summed E-state index contributed by atoms with van der Waals surface area (Å²) in [4.78, 5) is 12.4. The molecule has 2 aromatic carbocycles. The van der Waals surface area contributed by atoms with E-state index < -0.39 is 0 Å². The van der Waals surface area contributed by atoms with Crippen LogP contribution in [0.5, 0.6) is 5.75 Å². The number of amides is 1. The molecule has 2 aromatic rings. The number of nitrogens with one attached hydrogen (secondary N) is 1. The van der Waals surface area contributed by atoms with Crippen LogP contribution in [0.25, 0.3) is 0 Å². The molecule has 0 aliphatic heterocycles. The largest absolute Gasteiger partial charge is 0.490 e. The van der Waals surface area contributed by atoms with E-state index >= 15 is 0 Å². The van der Waals surface area contributed by atoms with Crippen molar-refractivity contribution in [1.29, 1.82) is 0 Å². The Morgan fingerprint density at radius 3 is 2.64 bits per heavy atom. The molecule has 0 fully saturated rings. The molecular weight excluding hydrogens is 346 g/mol. The summed E-state index contributed by atoms with van der Waals surface area (Å²) in [7, 11) is 1.61. The number of carbonyl (C=O) groups excluding carboxylic acids is 1. The van der Waals surface area contributed by atoms with Gasteiger partial charge in [0.25, 0.3) is 5.91 Å². The highest BCUT2D eigenvalue weighted by Crippen LogP contribution is 2.23. The highest BCUT2D eigenvalue weighted by molar-refractivity contribution is 9.10. The quantitative estimate of drug-likeness (QED) is 0.766. The van der Waals surface area contributed by atoms with Gasteiger partial charge in [0.2, 0.25) is 0 Å². The second-order valence-corrected chi connectivity index (χ2v) is 5.57. The van der Waals surface area contributed by atoms with Crippen LogP contribution < -0.4 is 10.1 Å². The third-order valence-electron chi connectivity index (χ3n) is 3.03. The lowest BCUT2D eigenvalue weighted by Crippen LogP contribution is -2.23. The topological polar surface area (TPSA) is 47.6 Å². The number of halogens is 1. The predicted octanol–water partition coefficient (Wildman–Crippen LogP) is 3.40. The number of hydrogen-bond acceptors (Lipinski definition) is 3. The van der Waals surface area contributed by atoms with Gasteiger partial charge in [-0.3, -0.25) is 4.79 Å². The highest BCUT2D eigenvalue weighted by Gasteiger charge is 2.13. The van der Waals surface area contributed by atoms with Crippen LogP contribution in [0.3, 0.4) is 0 Å². The second kappa shape index (κ2) is 8.56. The molecule has 5 heteroatoms. The molecule has 2 rings (SSSR count). The van der Waals surface area contributed by atoms with E-state index in [1.54, 1.807) is 19.2 Å². The van der Waals surface area contributed by atoms with E-state index in [1.165, 1.54) is 0 Å². The molecule has 0 saturated heterocycles. The molecule has 116 valence electrons. The first-order valence-electron chi connectivity index (χ1n) is 6.94. The van der Waals surface area contributed by atoms with Crippen molar-refractivity contribution in [2.45, 2.75) is 6.54 Å². The van der Waals surface area contributed by atoms with Gasteiger partial charge in [0.05, 0.1) is 12.2 Å². The molecule has 0 saturated carbocycles. The number of ether oxygens (including phenoxy) is 2. The van der Waals surface area contributed by atoms with Crippen LogP contribution in [-0.4, -0.2) is 26.2 Å². The summed E-state index contributed by atoms with van der Waals surface area (Å²) >= 11 is 3.38. The van der Waals surface area contributed by atoms with Gasteiger partial charge in [0.15, 0.2) is 0 Å². The lowest BCUT2D eigenvalue weighted by molar-refractivity contribution is 0.0943. The van der Waals surface area contributed by atoms with Crippen molar-refractivity contribution in [2.75, 3.05) is 20.3 Å². The fourth-order valence-corrected chi connectivity index (χ4v) is 2.27. The van der Waals surface area contributed by atoms with Gasteiger partial charge in [-0.25, -0.2) is 0 Å². The van der Waals surface area contributed by atoms with Crippen LogP contribution in [0, 0.1) is 0 Å². The summed E-state index contributed by atoms with van der Waals surface area (Å²) in [6.45, 7) is 1.35. The summed E-state index contributed by atoms with van der Waals surface area (Å²) in [6, 6.07) is 15.1. The van der Waals surface area contributed by atoms with Gasteiger partial charge in [-0.2, -0.15) is 0 Å². The molecule has 0 aliphatic rings. The van der Waals surface area contributed by atoms with Crippen LogP contribution in [0.1, 0.15) is 15.9 Å². The third kappa shape index (κ3) is 4.86. The van der Waals surface area contributed by atoms with Crippen LogP contribution in [-0.2, 0) is 11.3 Å². The lowest BCUT2D eigenvalue weighted by Gasteiger charge is -2.12. The molecule has 0 radical (unpaired) electrons. The van der Waals surface area contributed by atoms with Crippen molar-refractivity contribution in [2.24, 2.45) is 0 Å². The Hall–Kier alpha value is -1.85. The van der Waals surface area contributed by atoms with Crippen molar-refractivity contribution in [3.63, 3.8) is 0 Å². The number of hydrogen-bond donors (Lipinski definition) is 1. The van der Waals surface area contributed by atoms with E-state index in [9.17, 15) is 4.79 Å². The van der Waals surface area contributed by atoms with Crippen LogP contribution in [0.4, 0.5) is 0 Å². The van der Waals surface area contributed by atoms with E-state index in [-0.39, 0.29) is 5.91 Å². The molecule has 0 aromatic heterocycles. The molecule has 4 nitrogen and oxygen atoms in total. The molecule has 0 bridgehead atoms. The maximum atomic E-state index is 12.4. The van der Waals surface area contributed by atoms with Crippen molar-refractivity contribution in [3.8, 4) is 5.75 Å². The van der Waals surface area contributed by atoms with Crippen LogP contribution >= 0.6 is 15.9 Å². The molecule has 22 heavy (non-hydrogen) atoms. The Kier molecular flexibility index (Phi) is 6.43. The summed E-state index contributed by atoms with van der Waals surface area (Å²) in [5.41, 5.74) is 1.55. The monoisotopic (exact) mass is 363 g/mol. The van der Waals surface area contributed by atoms with Gasteiger partial charge in [-0.05, 0) is 23.8 Å². The zero-order valence-corrected chi connectivity index (χ0v) is 13.9. The van der Waals surface area contributed by atoms with E-state index in [4.69, 9.17) is 9.47 Å². The van der Waals surface area contributed by atoms with Crippen LogP contribution in [0.2, 0.25) is 0 Å². The zero-order chi connectivity index (χ0) is 15.8. The van der Waals surface area contributed by atoms with Gasteiger partial charge in [0.1, 0.15) is 12.4 Å². The molecule has 1 N–H and O–H groups in total. The van der Waals surface area contributed by atoms with E-state index in [1.807, 2.05) is 36.4 Å². The van der Waals surface area contributed by atoms with Crippen molar-refractivity contribution in [1.82, 2.24) is 5.32 Å².